The number of ether oxygens (including phenoxy) is 4. The fourth-order valence-corrected chi connectivity index (χ4v) is 15.2. The van der Waals surface area contributed by atoms with Gasteiger partial charge in [0.25, 0.3) is 0 Å². The first-order chi connectivity index (χ1) is 51.4. The molecule has 0 aromatic heterocycles. The molecular formula is C87H170O17P2. The summed E-state index contributed by atoms with van der Waals surface area (Å²) in [5.41, 5.74) is 0. The van der Waals surface area contributed by atoms with Crippen LogP contribution >= 0.6 is 15.6 Å². The highest BCUT2D eigenvalue weighted by Gasteiger charge is 2.30. The van der Waals surface area contributed by atoms with Crippen LogP contribution in [0.15, 0.2) is 0 Å². The van der Waals surface area contributed by atoms with Gasteiger partial charge in [0.05, 0.1) is 26.4 Å². The van der Waals surface area contributed by atoms with E-state index >= 15 is 0 Å². The van der Waals surface area contributed by atoms with E-state index in [1.54, 1.807) is 0 Å². The summed E-state index contributed by atoms with van der Waals surface area (Å²) in [4.78, 5) is 73.1. The normalized spacial score (nSPS) is 13.8. The zero-order valence-corrected chi connectivity index (χ0v) is 71.5. The molecule has 0 aromatic carbocycles. The van der Waals surface area contributed by atoms with Gasteiger partial charge in [0.2, 0.25) is 0 Å². The molecule has 0 aliphatic rings. The predicted octanol–water partition coefficient (Wildman–Crippen LogP) is 26.6. The van der Waals surface area contributed by atoms with Crippen molar-refractivity contribution in [2.75, 3.05) is 39.6 Å². The molecule has 0 radical (unpaired) electrons. The van der Waals surface area contributed by atoms with Crippen LogP contribution in [0, 0.1) is 11.8 Å². The molecule has 0 aromatic rings. The zero-order chi connectivity index (χ0) is 77.8. The molecule has 0 aliphatic carbocycles. The van der Waals surface area contributed by atoms with Crippen LogP contribution in [-0.2, 0) is 65.4 Å². The maximum Gasteiger partial charge on any atom is 0.472 e. The number of aliphatic hydroxyl groups excluding tert-OH is 1. The molecule has 0 saturated heterocycles. The monoisotopic (exact) mass is 1550 g/mol. The summed E-state index contributed by atoms with van der Waals surface area (Å²) >= 11 is 0. The molecule has 630 valence electrons. The SMILES string of the molecule is CCCCCCCCCCCCCCCCCCCCCCC(=O)OC[C@H](COP(=O)(O)OC[C@@H](O)COP(=O)(O)OC[C@@H](COC(=O)CCCCCCCCCC)OC(=O)CCCCCCCCCCCCCCCCC(C)C)OC(=O)CCCCCCCCCCCCCCCCCCCCC(C)C. The Bertz CT molecular complexity index is 2030. The van der Waals surface area contributed by atoms with Crippen molar-refractivity contribution in [3.8, 4) is 0 Å². The smallest absolute Gasteiger partial charge is 0.462 e. The van der Waals surface area contributed by atoms with Gasteiger partial charge in [-0.05, 0) is 37.5 Å². The van der Waals surface area contributed by atoms with Gasteiger partial charge < -0.3 is 33.8 Å². The first kappa shape index (κ1) is 104. The molecule has 0 bridgehead atoms. The van der Waals surface area contributed by atoms with Crippen molar-refractivity contribution in [2.45, 2.75) is 484 Å². The molecule has 0 spiro atoms. The molecule has 0 amide bonds. The van der Waals surface area contributed by atoms with Crippen LogP contribution in [0.25, 0.3) is 0 Å². The lowest BCUT2D eigenvalue weighted by molar-refractivity contribution is -0.161. The lowest BCUT2D eigenvalue weighted by atomic mass is 10.0. The van der Waals surface area contributed by atoms with E-state index in [1.165, 1.54) is 276 Å². The number of hydrogen-bond donors (Lipinski definition) is 3. The van der Waals surface area contributed by atoms with Crippen molar-refractivity contribution >= 4 is 39.5 Å². The maximum absolute atomic E-state index is 13.1. The number of aliphatic hydroxyl groups is 1. The van der Waals surface area contributed by atoms with Gasteiger partial charge in [0.1, 0.15) is 19.3 Å². The number of esters is 4. The molecule has 17 nitrogen and oxygen atoms in total. The number of unbranched alkanes of at least 4 members (excludes halogenated alkanes) is 56. The summed E-state index contributed by atoms with van der Waals surface area (Å²) in [6, 6.07) is 0. The minimum atomic E-state index is -4.97. The number of hydrogen-bond acceptors (Lipinski definition) is 15. The molecule has 19 heteroatoms. The fourth-order valence-electron chi connectivity index (χ4n) is 13.6. The molecular weight excluding hydrogens is 1380 g/mol. The van der Waals surface area contributed by atoms with Crippen molar-refractivity contribution in [2.24, 2.45) is 11.8 Å². The largest absolute Gasteiger partial charge is 0.472 e. The predicted molar refractivity (Wildman–Crippen MR) is 437 cm³/mol. The van der Waals surface area contributed by atoms with Crippen molar-refractivity contribution < 1.29 is 80.2 Å². The number of carbonyl (C=O) groups is 4. The van der Waals surface area contributed by atoms with Crippen molar-refractivity contribution in [1.29, 1.82) is 0 Å². The van der Waals surface area contributed by atoms with E-state index in [1.807, 2.05) is 0 Å². The van der Waals surface area contributed by atoms with Gasteiger partial charge in [-0.1, -0.05) is 414 Å². The molecule has 3 N–H and O–H groups in total. The average molecular weight is 1550 g/mol. The Morgan fingerprint density at radius 2 is 0.434 bits per heavy atom. The van der Waals surface area contributed by atoms with Crippen LogP contribution in [0.3, 0.4) is 0 Å². The summed E-state index contributed by atoms with van der Waals surface area (Å²) in [5, 5.41) is 10.7. The van der Waals surface area contributed by atoms with Gasteiger partial charge >= 0.3 is 39.5 Å². The van der Waals surface area contributed by atoms with Crippen LogP contribution < -0.4 is 0 Å². The lowest BCUT2D eigenvalue weighted by Gasteiger charge is -2.21. The Balaban J connectivity index is 5.18. The van der Waals surface area contributed by atoms with Gasteiger partial charge in [0, 0.05) is 25.7 Å². The van der Waals surface area contributed by atoms with Gasteiger partial charge in [-0.15, -0.1) is 0 Å². The highest BCUT2D eigenvalue weighted by molar-refractivity contribution is 7.47. The molecule has 0 heterocycles. The Hall–Kier alpha value is -1.94. The van der Waals surface area contributed by atoms with Crippen molar-refractivity contribution in [1.82, 2.24) is 0 Å². The van der Waals surface area contributed by atoms with E-state index in [4.69, 9.17) is 37.0 Å². The number of rotatable bonds is 86. The first-order valence-electron chi connectivity index (χ1n) is 45.0. The summed E-state index contributed by atoms with van der Waals surface area (Å²) in [7, 11) is -9.92. The van der Waals surface area contributed by atoms with Crippen molar-refractivity contribution in [3.63, 3.8) is 0 Å². The van der Waals surface area contributed by atoms with E-state index in [-0.39, 0.29) is 25.7 Å². The summed E-state index contributed by atoms with van der Waals surface area (Å²) in [6.07, 6.45) is 71.0. The standard InChI is InChI=1S/C87H170O17P2/c1-7-9-11-13-15-17-18-19-20-21-22-23-27-30-36-41-46-52-58-64-70-85(90)98-76-83(104-87(92)71-65-59-53-47-42-37-31-28-25-24-26-29-34-39-44-49-55-61-67-79(3)4)78-102-106(95,96)100-74-81(88)73-99-105(93,94)101-77-82(75-97-84(89)69-63-57-51-16-14-12-10-8-2)103-86(91)72-66-60-54-48-43-38-33-32-35-40-45-50-56-62-68-80(5)6/h79-83,88H,7-78H2,1-6H3,(H,93,94)(H,95,96)/t81-,82+,83+/m0/s1. The topological polar surface area (TPSA) is 237 Å². The Morgan fingerprint density at radius 1 is 0.255 bits per heavy atom. The third-order valence-electron chi connectivity index (χ3n) is 20.5. The highest BCUT2D eigenvalue weighted by Crippen LogP contribution is 2.45. The Labute approximate surface area is 651 Å². The molecule has 0 rings (SSSR count). The number of phosphoric acid groups is 2. The third kappa shape index (κ3) is 80.1. The molecule has 0 fully saturated rings. The summed E-state index contributed by atoms with van der Waals surface area (Å²) in [6.45, 7) is 9.70. The van der Waals surface area contributed by atoms with E-state index in [0.717, 1.165) is 108 Å². The highest BCUT2D eigenvalue weighted by atomic mass is 31.2. The quantitative estimate of drug-likeness (QED) is 0.0222. The van der Waals surface area contributed by atoms with E-state index in [2.05, 4.69) is 41.5 Å². The van der Waals surface area contributed by atoms with E-state index in [9.17, 15) is 43.2 Å². The van der Waals surface area contributed by atoms with Crippen LogP contribution in [0.2, 0.25) is 0 Å². The lowest BCUT2D eigenvalue weighted by Crippen LogP contribution is -2.30. The third-order valence-corrected chi connectivity index (χ3v) is 22.4. The second kappa shape index (κ2) is 78.3. The summed E-state index contributed by atoms with van der Waals surface area (Å²) < 4.78 is 68.8. The molecule has 2 unspecified atom stereocenters. The second-order valence-corrected chi connectivity index (χ2v) is 35.1. The molecule has 0 aliphatic heterocycles. The van der Waals surface area contributed by atoms with Crippen LogP contribution in [0.5, 0.6) is 0 Å². The van der Waals surface area contributed by atoms with Gasteiger partial charge in [-0.25, -0.2) is 9.13 Å². The molecule has 106 heavy (non-hydrogen) atoms. The van der Waals surface area contributed by atoms with E-state index < -0.39 is 97.5 Å². The van der Waals surface area contributed by atoms with Crippen molar-refractivity contribution in [3.05, 3.63) is 0 Å². The fraction of sp³-hybridized carbons (Fsp3) is 0.954. The molecule has 5 atom stereocenters. The van der Waals surface area contributed by atoms with Crippen LogP contribution in [0.4, 0.5) is 0 Å². The Morgan fingerprint density at radius 3 is 0.642 bits per heavy atom. The van der Waals surface area contributed by atoms with Gasteiger partial charge in [0.15, 0.2) is 12.2 Å². The van der Waals surface area contributed by atoms with Crippen LogP contribution in [0.1, 0.15) is 465 Å². The molecule has 0 saturated carbocycles. The van der Waals surface area contributed by atoms with E-state index in [0.29, 0.717) is 25.7 Å². The average Bonchev–Trinajstić information content (AvgIpc) is 0.913. The summed E-state index contributed by atoms with van der Waals surface area (Å²) in [5.74, 6) is -0.488. The minimum Gasteiger partial charge on any atom is -0.462 e. The number of carbonyl (C=O) groups excluding carboxylic acids is 4. The van der Waals surface area contributed by atoms with Gasteiger partial charge in [-0.2, -0.15) is 0 Å². The number of phosphoric ester groups is 2. The first-order valence-corrected chi connectivity index (χ1v) is 48.0. The van der Waals surface area contributed by atoms with Crippen LogP contribution in [-0.4, -0.2) is 96.7 Å². The zero-order valence-electron chi connectivity index (χ0n) is 69.7. The maximum atomic E-state index is 13.1. The van der Waals surface area contributed by atoms with Gasteiger partial charge in [-0.3, -0.25) is 37.3 Å². The minimum absolute atomic E-state index is 0.108. The Kier molecular flexibility index (Phi) is 76.9. The second-order valence-electron chi connectivity index (χ2n) is 32.2.